The molecule has 4 nitrogen and oxygen atoms in total. The highest BCUT2D eigenvalue weighted by Gasteiger charge is 2.30. The maximum atomic E-state index is 5.99. The van der Waals surface area contributed by atoms with Gasteiger partial charge in [0.25, 0.3) is 5.89 Å². The maximum Gasteiger partial charge on any atom is 0.259 e. The van der Waals surface area contributed by atoms with Crippen molar-refractivity contribution in [3.8, 4) is 17.2 Å². The largest absolute Gasteiger partial charge is 0.478 e. The molecule has 0 saturated heterocycles. The van der Waals surface area contributed by atoms with Crippen LogP contribution in [0.5, 0.6) is 5.75 Å². The zero-order chi connectivity index (χ0) is 16.4. The fourth-order valence-corrected chi connectivity index (χ4v) is 2.36. The number of halogens is 2. The van der Waals surface area contributed by atoms with E-state index in [0.717, 1.165) is 5.56 Å². The summed E-state index contributed by atoms with van der Waals surface area (Å²) >= 11 is 11.9. The third kappa shape index (κ3) is 3.66. The Morgan fingerprint density at radius 3 is 2.39 bits per heavy atom. The zero-order valence-electron chi connectivity index (χ0n) is 12.6. The number of rotatable bonds is 4. The van der Waals surface area contributed by atoms with Gasteiger partial charge in [0.2, 0.25) is 5.89 Å². The Morgan fingerprint density at radius 2 is 1.70 bits per heavy atom. The average molecular weight is 349 g/mol. The van der Waals surface area contributed by atoms with Crippen LogP contribution in [0.4, 0.5) is 0 Å². The highest BCUT2D eigenvalue weighted by atomic mass is 35.5. The second-order valence-corrected chi connectivity index (χ2v) is 6.36. The van der Waals surface area contributed by atoms with Crippen LogP contribution >= 0.6 is 23.2 Å². The molecule has 0 amide bonds. The van der Waals surface area contributed by atoms with Crippen molar-refractivity contribution in [2.24, 2.45) is 0 Å². The number of aromatic nitrogens is 2. The monoisotopic (exact) mass is 348 g/mol. The highest BCUT2D eigenvalue weighted by molar-refractivity contribution is 6.31. The minimum atomic E-state index is -0.780. The average Bonchev–Trinajstić information content (AvgIpc) is 3.00. The van der Waals surface area contributed by atoms with E-state index in [4.69, 9.17) is 32.4 Å². The minimum Gasteiger partial charge on any atom is -0.478 e. The molecule has 2 aromatic carbocycles. The van der Waals surface area contributed by atoms with E-state index in [1.807, 2.05) is 26.0 Å². The number of hydrogen-bond donors (Lipinski definition) is 0. The highest BCUT2D eigenvalue weighted by Crippen LogP contribution is 2.30. The Bertz CT molecular complexity index is 813. The first-order chi connectivity index (χ1) is 10.9. The van der Waals surface area contributed by atoms with E-state index in [-0.39, 0.29) is 0 Å². The lowest BCUT2D eigenvalue weighted by Crippen LogP contribution is -2.25. The molecule has 6 heteroatoms. The lowest BCUT2D eigenvalue weighted by atomic mass is 10.1. The first-order valence-electron chi connectivity index (χ1n) is 6.98. The summed E-state index contributed by atoms with van der Waals surface area (Å²) < 4.78 is 11.7. The van der Waals surface area contributed by atoms with Crippen LogP contribution in [0.25, 0.3) is 11.5 Å². The first-order valence-corrected chi connectivity index (χ1v) is 7.74. The van der Waals surface area contributed by atoms with Gasteiger partial charge in [0, 0.05) is 15.6 Å². The van der Waals surface area contributed by atoms with E-state index in [1.165, 1.54) is 0 Å². The summed E-state index contributed by atoms with van der Waals surface area (Å²) in [5, 5.41) is 9.43. The normalized spacial score (nSPS) is 11.5. The Hall–Kier alpha value is -2.04. The van der Waals surface area contributed by atoms with Gasteiger partial charge in [-0.3, -0.25) is 0 Å². The van der Waals surface area contributed by atoms with Gasteiger partial charge in [0.15, 0.2) is 5.60 Å². The molecular weight excluding hydrogens is 335 g/mol. The molecule has 0 radical (unpaired) electrons. The van der Waals surface area contributed by atoms with Gasteiger partial charge < -0.3 is 9.15 Å². The van der Waals surface area contributed by atoms with Gasteiger partial charge in [-0.15, -0.1) is 10.2 Å². The van der Waals surface area contributed by atoms with Gasteiger partial charge in [-0.05, 0) is 56.3 Å². The van der Waals surface area contributed by atoms with E-state index in [9.17, 15) is 0 Å². The third-order valence-corrected chi connectivity index (χ3v) is 3.69. The van der Waals surface area contributed by atoms with Crippen LogP contribution < -0.4 is 4.74 Å². The van der Waals surface area contributed by atoms with Gasteiger partial charge in [-0.1, -0.05) is 29.3 Å². The standard InChI is InChI=1S/C17H14Cl2N2O2/c1-17(2,23-14-8-6-12(18)7-9-14)16-21-20-15(22-16)11-4-3-5-13(19)10-11/h3-10H,1-2H3. The molecule has 0 unspecified atom stereocenters. The molecule has 1 aromatic heterocycles. The first kappa shape index (κ1) is 15.8. The van der Waals surface area contributed by atoms with Crippen LogP contribution in [0.3, 0.4) is 0 Å². The summed E-state index contributed by atoms with van der Waals surface area (Å²) in [7, 11) is 0. The SMILES string of the molecule is CC(C)(Oc1ccc(Cl)cc1)c1nnc(-c2cccc(Cl)c2)o1. The molecule has 3 aromatic rings. The van der Waals surface area contributed by atoms with Crippen LogP contribution in [0.15, 0.2) is 52.9 Å². The number of benzene rings is 2. The van der Waals surface area contributed by atoms with E-state index >= 15 is 0 Å². The summed E-state index contributed by atoms with van der Waals surface area (Å²) in [5.41, 5.74) is -0.0176. The molecule has 23 heavy (non-hydrogen) atoms. The van der Waals surface area contributed by atoms with Crippen LogP contribution in [0, 0.1) is 0 Å². The predicted octanol–water partition coefficient (Wildman–Crippen LogP) is 5.36. The van der Waals surface area contributed by atoms with E-state index < -0.39 is 5.60 Å². The summed E-state index contributed by atoms with van der Waals surface area (Å²) in [4.78, 5) is 0. The number of hydrogen-bond acceptors (Lipinski definition) is 4. The topological polar surface area (TPSA) is 48.2 Å². The molecule has 1 heterocycles. The van der Waals surface area contributed by atoms with Crippen LogP contribution in [-0.2, 0) is 5.60 Å². The van der Waals surface area contributed by atoms with E-state index in [2.05, 4.69) is 10.2 Å². The second kappa shape index (κ2) is 6.22. The van der Waals surface area contributed by atoms with Gasteiger partial charge in [-0.2, -0.15) is 0 Å². The van der Waals surface area contributed by atoms with Crippen molar-refractivity contribution in [2.75, 3.05) is 0 Å². The molecule has 3 rings (SSSR count). The van der Waals surface area contributed by atoms with Crippen molar-refractivity contribution in [3.63, 3.8) is 0 Å². The quantitative estimate of drug-likeness (QED) is 0.636. The molecular formula is C17H14Cl2N2O2. The van der Waals surface area contributed by atoms with Gasteiger partial charge in [0.05, 0.1) is 0 Å². The van der Waals surface area contributed by atoms with Gasteiger partial charge >= 0.3 is 0 Å². The van der Waals surface area contributed by atoms with Crippen molar-refractivity contribution in [2.45, 2.75) is 19.4 Å². The molecule has 0 fully saturated rings. The smallest absolute Gasteiger partial charge is 0.259 e. The van der Waals surface area contributed by atoms with Crippen LogP contribution in [-0.4, -0.2) is 10.2 Å². The molecule has 0 aliphatic heterocycles. The van der Waals surface area contributed by atoms with Crippen LogP contribution in [0.1, 0.15) is 19.7 Å². The van der Waals surface area contributed by atoms with E-state index in [0.29, 0.717) is 27.6 Å². The van der Waals surface area contributed by atoms with Crippen molar-refractivity contribution >= 4 is 23.2 Å². The fraction of sp³-hybridized carbons (Fsp3) is 0.176. The van der Waals surface area contributed by atoms with Gasteiger partial charge in [0.1, 0.15) is 5.75 Å². The van der Waals surface area contributed by atoms with Crippen molar-refractivity contribution in [3.05, 3.63) is 64.5 Å². The summed E-state index contributed by atoms with van der Waals surface area (Å²) in [6.45, 7) is 3.72. The Balaban J connectivity index is 1.84. The molecule has 0 bridgehead atoms. The molecule has 0 saturated carbocycles. The fourth-order valence-electron chi connectivity index (χ4n) is 2.05. The third-order valence-electron chi connectivity index (χ3n) is 3.20. The molecule has 0 atom stereocenters. The van der Waals surface area contributed by atoms with Crippen LogP contribution in [0.2, 0.25) is 10.0 Å². The summed E-state index contributed by atoms with van der Waals surface area (Å²) in [6.07, 6.45) is 0. The van der Waals surface area contributed by atoms with Crippen molar-refractivity contribution in [1.82, 2.24) is 10.2 Å². The molecule has 118 valence electrons. The predicted molar refractivity (Wildman–Crippen MR) is 89.9 cm³/mol. The lowest BCUT2D eigenvalue weighted by Gasteiger charge is -2.22. The molecule has 0 spiro atoms. The number of ether oxygens (including phenoxy) is 1. The van der Waals surface area contributed by atoms with Crippen molar-refractivity contribution < 1.29 is 9.15 Å². The Morgan fingerprint density at radius 1 is 0.957 bits per heavy atom. The number of nitrogens with zero attached hydrogens (tertiary/aromatic N) is 2. The molecule has 0 N–H and O–H groups in total. The van der Waals surface area contributed by atoms with E-state index in [1.54, 1.807) is 36.4 Å². The van der Waals surface area contributed by atoms with Crippen molar-refractivity contribution in [1.29, 1.82) is 0 Å². The lowest BCUT2D eigenvalue weighted by molar-refractivity contribution is 0.0770. The minimum absolute atomic E-state index is 0.377. The Kier molecular flexibility index (Phi) is 4.28. The molecule has 0 aliphatic rings. The maximum absolute atomic E-state index is 5.99. The summed E-state index contributed by atoms with van der Waals surface area (Å²) in [5.74, 6) is 1.44. The summed E-state index contributed by atoms with van der Waals surface area (Å²) in [6, 6.07) is 14.3. The second-order valence-electron chi connectivity index (χ2n) is 5.49. The Labute approximate surface area is 144 Å². The van der Waals surface area contributed by atoms with Gasteiger partial charge in [-0.25, -0.2) is 0 Å². The molecule has 0 aliphatic carbocycles. The zero-order valence-corrected chi connectivity index (χ0v) is 14.1.